The molecule has 3 aromatic rings. The van der Waals surface area contributed by atoms with Crippen molar-refractivity contribution in [2.45, 2.75) is 25.3 Å². The number of aryl methyl sites for hydroxylation is 2. The number of halogens is 2. The fourth-order valence-corrected chi connectivity index (χ4v) is 5.84. The predicted octanol–water partition coefficient (Wildman–Crippen LogP) is 5.56. The lowest BCUT2D eigenvalue weighted by molar-refractivity contribution is -0.116. The van der Waals surface area contributed by atoms with E-state index >= 15 is 0 Å². The number of nitrogens with zero attached hydrogens (tertiary/aromatic N) is 1. The molecule has 3 rings (SSSR count). The average Bonchev–Trinajstić information content (AvgIpc) is 2.76. The summed E-state index contributed by atoms with van der Waals surface area (Å²) in [6, 6.07) is 17.1. The van der Waals surface area contributed by atoms with Crippen molar-refractivity contribution in [2.75, 3.05) is 19.0 Å². The van der Waals surface area contributed by atoms with Crippen LogP contribution in [0, 0.1) is 13.8 Å². The first kappa shape index (κ1) is 25.2. The number of carbonyl (C=O) groups excluding carboxylic acids is 1. The SMILES string of the molecule is COc1ccc(S(=O)(=O)N(CC(=O)Nc2c(C)cc(Br)cc2C)Cc2ccccc2)cc1Cl. The van der Waals surface area contributed by atoms with Crippen LogP contribution in [0.15, 0.2) is 70.0 Å². The number of benzene rings is 3. The van der Waals surface area contributed by atoms with Gasteiger partial charge in [-0.1, -0.05) is 57.9 Å². The molecule has 174 valence electrons. The van der Waals surface area contributed by atoms with Crippen LogP contribution >= 0.6 is 27.5 Å². The molecule has 1 N–H and O–H groups in total. The summed E-state index contributed by atoms with van der Waals surface area (Å²) in [6.07, 6.45) is 0. The van der Waals surface area contributed by atoms with Crippen molar-refractivity contribution in [1.29, 1.82) is 0 Å². The lowest BCUT2D eigenvalue weighted by atomic mass is 10.1. The first-order chi connectivity index (χ1) is 15.6. The van der Waals surface area contributed by atoms with E-state index in [1.54, 1.807) is 0 Å². The maximum Gasteiger partial charge on any atom is 0.243 e. The highest BCUT2D eigenvalue weighted by atomic mass is 79.9. The number of hydrogen-bond acceptors (Lipinski definition) is 4. The quantitative estimate of drug-likeness (QED) is 0.398. The molecule has 9 heteroatoms. The van der Waals surface area contributed by atoms with E-state index in [-0.39, 0.29) is 23.0 Å². The molecule has 33 heavy (non-hydrogen) atoms. The van der Waals surface area contributed by atoms with Crippen molar-refractivity contribution in [3.8, 4) is 5.75 Å². The van der Waals surface area contributed by atoms with E-state index < -0.39 is 15.9 Å². The fourth-order valence-electron chi connectivity index (χ4n) is 3.42. The topological polar surface area (TPSA) is 75.7 Å². The van der Waals surface area contributed by atoms with E-state index in [4.69, 9.17) is 16.3 Å². The van der Waals surface area contributed by atoms with Gasteiger partial charge in [0.25, 0.3) is 0 Å². The maximum atomic E-state index is 13.5. The normalized spacial score (nSPS) is 11.5. The Hall–Kier alpha value is -2.39. The smallest absolute Gasteiger partial charge is 0.243 e. The van der Waals surface area contributed by atoms with E-state index in [1.807, 2.05) is 56.3 Å². The summed E-state index contributed by atoms with van der Waals surface area (Å²) in [5.41, 5.74) is 3.15. The first-order valence-corrected chi connectivity index (χ1v) is 12.7. The van der Waals surface area contributed by atoms with Crippen LogP contribution in [-0.4, -0.2) is 32.3 Å². The second-order valence-electron chi connectivity index (χ2n) is 7.52. The molecule has 0 aliphatic rings. The molecule has 0 aromatic heterocycles. The molecule has 0 saturated carbocycles. The first-order valence-electron chi connectivity index (χ1n) is 10.1. The molecule has 3 aromatic carbocycles. The van der Waals surface area contributed by atoms with Gasteiger partial charge in [-0.3, -0.25) is 4.79 Å². The van der Waals surface area contributed by atoms with Crippen LogP contribution in [0.25, 0.3) is 0 Å². The van der Waals surface area contributed by atoms with E-state index in [9.17, 15) is 13.2 Å². The molecule has 1 amide bonds. The molecule has 0 aliphatic carbocycles. The number of methoxy groups -OCH3 is 1. The lowest BCUT2D eigenvalue weighted by Gasteiger charge is -2.23. The number of anilines is 1. The van der Waals surface area contributed by atoms with Gasteiger partial charge in [-0.2, -0.15) is 4.31 Å². The van der Waals surface area contributed by atoms with Crippen molar-refractivity contribution >= 4 is 49.1 Å². The molecule has 0 bridgehead atoms. The van der Waals surface area contributed by atoms with Crippen LogP contribution in [0.4, 0.5) is 5.69 Å². The third kappa shape index (κ3) is 6.14. The molecule has 0 radical (unpaired) electrons. The number of carbonyl (C=O) groups is 1. The zero-order valence-electron chi connectivity index (χ0n) is 18.4. The summed E-state index contributed by atoms with van der Waals surface area (Å²) in [6.45, 7) is 3.42. The zero-order chi connectivity index (χ0) is 24.2. The molecular weight excluding hydrogens is 528 g/mol. The summed E-state index contributed by atoms with van der Waals surface area (Å²) in [5, 5.41) is 3.03. The van der Waals surface area contributed by atoms with Crippen molar-refractivity contribution in [1.82, 2.24) is 4.31 Å². The van der Waals surface area contributed by atoms with Gasteiger partial charge in [-0.05, 0) is 60.9 Å². The molecule has 0 heterocycles. The Labute approximate surface area is 207 Å². The van der Waals surface area contributed by atoms with Gasteiger partial charge < -0.3 is 10.1 Å². The summed E-state index contributed by atoms with van der Waals surface area (Å²) in [7, 11) is -2.58. The number of sulfonamides is 1. The average molecular weight is 552 g/mol. The monoisotopic (exact) mass is 550 g/mol. The van der Waals surface area contributed by atoms with Crippen LogP contribution in [0.5, 0.6) is 5.75 Å². The van der Waals surface area contributed by atoms with Crippen molar-refractivity contribution in [3.63, 3.8) is 0 Å². The number of rotatable bonds is 8. The Balaban J connectivity index is 1.93. The van der Waals surface area contributed by atoms with Gasteiger partial charge in [0, 0.05) is 16.7 Å². The van der Waals surface area contributed by atoms with Gasteiger partial charge in [-0.15, -0.1) is 0 Å². The Morgan fingerprint density at radius 2 is 1.70 bits per heavy atom. The summed E-state index contributed by atoms with van der Waals surface area (Å²) < 4.78 is 34.2. The Bertz CT molecular complexity index is 1240. The minimum Gasteiger partial charge on any atom is -0.495 e. The van der Waals surface area contributed by atoms with E-state index in [0.717, 1.165) is 25.5 Å². The van der Waals surface area contributed by atoms with Gasteiger partial charge in [-0.25, -0.2) is 8.42 Å². The van der Waals surface area contributed by atoms with E-state index in [1.165, 1.54) is 25.3 Å². The largest absolute Gasteiger partial charge is 0.495 e. The van der Waals surface area contributed by atoms with Crippen LogP contribution in [0.2, 0.25) is 5.02 Å². The third-order valence-electron chi connectivity index (χ3n) is 5.04. The maximum absolute atomic E-state index is 13.5. The van der Waals surface area contributed by atoms with E-state index in [2.05, 4.69) is 21.2 Å². The Morgan fingerprint density at radius 1 is 1.06 bits per heavy atom. The summed E-state index contributed by atoms with van der Waals surface area (Å²) in [5.74, 6) is -0.0770. The van der Waals surface area contributed by atoms with Crippen LogP contribution < -0.4 is 10.1 Å². The molecule has 6 nitrogen and oxygen atoms in total. The Kier molecular flexibility index (Phi) is 8.18. The molecule has 0 fully saturated rings. The van der Waals surface area contributed by atoms with Gasteiger partial charge in [0.15, 0.2) is 0 Å². The van der Waals surface area contributed by atoms with Gasteiger partial charge in [0.2, 0.25) is 15.9 Å². The highest BCUT2D eigenvalue weighted by molar-refractivity contribution is 9.10. The minimum absolute atomic E-state index is 0.0203. The predicted molar refractivity (Wildman–Crippen MR) is 134 cm³/mol. The fraction of sp³-hybridized carbons (Fsp3) is 0.208. The number of ether oxygens (including phenoxy) is 1. The second kappa shape index (κ2) is 10.7. The van der Waals surface area contributed by atoms with Gasteiger partial charge in [0.1, 0.15) is 5.75 Å². The number of hydrogen-bond donors (Lipinski definition) is 1. The van der Waals surface area contributed by atoms with Crippen molar-refractivity contribution in [2.24, 2.45) is 0 Å². The number of nitrogens with one attached hydrogen (secondary N) is 1. The summed E-state index contributed by atoms with van der Waals surface area (Å²) >= 11 is 9.61. The van der Waals surface area contributed by atoms with Gasteiger partial charge in [0.05, 0.1) is 23.6 Å². The molecule has 0 unspecified atom stereocenters. The molecule has 0 atom stereocenters. The second-order valence-corrected chi connectivity index (χ2v) is 10.8. The third-order valence-corrected chi connectivity index (χ3v) is 7.59. The lowest BCUT2D eigenvalue weighted by Crippen LogP contribution is -2.37. The minimum atomic E-state index is -4.04. The zero-order valence-corrected chi connectivity index (χ0v) is 21.6. The highest BCUT2D eigenvalue weighted by Crippen LogP contribution is 2.29. The van der Waals surface area contributed by atoms with Crippen molar-refractivity contribution in [3.05, 3.63) is 86.8 Å². The van der Waals surface area contributed by atoms with Gasteiger partial charge >= 0.3 is 0 Å². The molecule has 0 aliphatic heterocycles. The Morgan fingerprint density at radius 3 is 2.27 bits per heavy atom. The molecular formula is C24H24BrClN2O4S. The number of amides is 1. The summed E-state index contributed by atoms with van der Waals surface area (Å²) in [4.78, 5) is 13.0. The van der Waals surface area contributed by atoms with Crippen LogP contribution in [0.3, 0.4) is 0 Å². The van der Waals surface area contributed by atoms with Crippen LogP contribution in [-0.2, 0) is 21.4 Å². The highest BCUT2D eigenvalue weighted by Gasteiger charge is 2.28. The van der Waals surface area contributed by atoms with Crippen molar-refractivity contribution < 1.29 is 17.9 Å². The van der Waals surface area contributed by atoms with E-state index in [0.29, 0.717) is 11.4 Å². The van der Waals surface area contributed by atoms with Crippen LogP contribution in [0.1, 0.15) is 16.7 Å². The molecule has 0 spiro atoms. The standard InChI is InChI=1S/C24H24BrClN2O4S/c1-16-11-19(25)12-17(2)24(16)27-23(29)15-28(14-18-7-5-4-6-8-18)33(30,31)20-9-10-22(32-3)21(26)13-20/h4-13H,14-15H2,1-3H3,(H,27,29). The molecule has 0 saturated heterocycles.